The highest BCUT2D eigenvalue weighted by molar-refractivity contribution is 5.85. The van der Waals surface area contributed by atoms with Gasteiger partial charge in [0.05, 0.1) is 31.8 Å². The summed E-state index contributed by atoms with van der Waals surface area (Å²) < 4.78 is 5.94. The van der Waals surface area contributed by atoms with Crippen LogP contribution >= 0.6 is 24.8 Å². The maximum Gasteiger partial charge on any atom is 0.311 e. The molecule has 0 bridgehead atoms. The standard InChI is InChI=1S/C22H40N4O2.2ClH/c1-6-8-10-23-12-14-25(18-23)16-20(28-21(27)22(3,4)5)17-26-15-13-24(19-26)11-9-7-2;;/h12-15,20H,6-11,16-19H2,1-5H3;2*1H. The molecule has 0 unspecified atom stereocenters. The number of unbranched alkanes of at least 4 members (excludes halogenated alkanes) is 2. The van der Waals surface area contributed by atoms with Gasteiger partial charge in [-0.25, -0.2) is 0 Å². The van der Waals surface area contributed by atoms with Gasteiger partial charge in [-0.3, -0.25) is 4.79 Å². The Morgan fingerprint density at radius 3 is 1.60 bits per heavy atom. The topological polar surface area (TPSA) is 39.3 Å². The fraction of sp³-hybridized carbons (Fsp3) is 0.773. The van der Waals surface area contributed by atoms with E-state index >= 15 is 0 Å². The molecular formula is C22H42Cl2N4O2. The van der Waals surface area contributed by atoms with E-state index in [0.717, 1.165) is 39.5 Å². The molecule has 0 aromatic heterocycles. The lowest BCUT2D eigenvalue weighted by molar-refractivity contribution is -0.160. The van der Waals surface area contributed by atoms with Gasteiger partial charge in [0.25, 0.3) is 0 Å². The third kappa shape index (κ3) is 9.69. The van der Waals surface area contributed by atoms with Crippen molar-refractivity contribution in [2.75, 3.05) is 39.5 Å². The minimum atomic E-state index is -0.486. The van der Waals surface area contributed by atoms with Gasteiger partial charge in [-0.15, -0.1) is 24.8 Å². The van der Waals surface area contributed by atoms with Crippen molar-refractivity contribution in [3.63, 3.8) is 0 Å². The van der Waals surface area contributed by atoms with Crippen LogP contribution < -0.4 is 0 Å². The van der Waals surface area contributed by atoms with E-state index in [2.05, 4.69) is 58.2 Å². The van der Waals surface area contributed by atoms with Gasteiger partial charge in [-0.2, -0.15) is 0 Å². The predicted octanol–water partition coefficient (Wildman–Crippen LogP) is 4.48. The quantitative estimate of drug-likeness (QED) is 0.419. The zero-order valence-corrected chi connectivity index (χ0v) is 21.0. The molecular weight excluding hydrogens is 423 g/mol. The molecule has 0 amide bonds. The lowest BCUT2D eigenvalue weighted by Gasteiger charge is -2.31. The number of esters is 1. The van der Waals surface area contributed by atoms with Crippen LogP contribution in [0.4, 0.5) is 0 Å². The lowest BCUT2D eigenvalue weighted by atomic mass is 9.97. The molecule has 2 rings (SSSR count). The Morgan fingerprint density at radius 1 is 0.833 bits per heavy atom. The van der Waals surface area contributed by atoms with Crippen LogP contribution in [0.3, 0.4) is 0 Å². The van der Waals surface area contributed by atoms with E-state index in [9.17, 15) is 4.79 Å². The van der Waals surface area contributed by atoms with Crippen molar-refractivity contribution in [1.29, 1.82) is 0 Å². The monoisotopic (exact) mass is 464 g/mol. The zero-order chi connectivity index (χ0) is 20.6. The average molecular weight is 466 g/mol. The van der Waals surface area contributed by atoms with Crippen LogP contribution in [-0.4, -0.2) is 71.2 Å². The van der Waals surface area contributed by atoms with Crippen LogP contribution in [0.2, 0.25) is 0 Å². The summed E-state index contributed by atoms with van der Waals surface area (Å²) in [5.74, 6) is -0.130. The normalized spacial score (nSPS) is 15.7. The number of carbonyl (C=O) groups is 1. The third-order valence-corrected chi connectivity index (χ3v) is 5.06. The molecule has 0 aliphatic carbocycles. The van der Waals surface area contributed by atoms with E-state index in [4.69, 9.17) is 4.74 Å². The molecule has 0 radical (unpaired) electrons. The first-order chi connectivity index (χ1) is 13.3. The van der Waals surface area contributed by atoms with Gasteiger partial charge in [0, 0.05) is 37.9 Å². The first kappa shape index (κ1) is 28.7. The summed E-state index contributed by atoms with van der Waals surface area (Å²) >= 11 is 0. The molecule has 2 aliphatic rings. The summed E-state index contributed by atoms with van der Waals surface area (Å²) in [6, 6.07) is 0. The molecule has 0 atom stereocenters. The van der Waals surface area contributed by atoms with Gasteiger partial charge in [0.2, 0.25) is 0 Å². The highest BCUT2D eigenvalue weighted by Gasteiger charge is 2.29. The number of rotatable bonds is 11. The summed E-state index contributed by atoms with van der Waals surface area (Å²) in [5.41, 5.74) is -0.486. The van der Waals surface area contributed by atoms with E-state index in [0.29, 0.717) is 0 Å². The Bertz CT molecular complexity index is 518. The minimum absolute atomic E-state index is 0. The fourth-order valence-electron chi connectivity index (χ4n) is 3.27. The number of hydrogen-bond donors (Lipinski definition) is 0. The summed E-state index contributed by atoms with van der Waals surface area (Å²) in [6.07, 6.45) is 13.2. The molecule has 0 spiro atoms. The Hall–Kier alpha value is -1.27. The Labute approximate surface area is 196 Å². The average Bonchev–Trinajstić information content (AvgIpc) is 3.26. The molecule has 0 fully saturated rings. The van der Waals surface area contributed by atoms with Crippen LogP contribution in [0.25, 0.3) is 0 Å². The molecule has 6 nitrogen and oxygen atoms in total. The van der Waals surface area contributed by atoms with Gasteiger partial charge in [0.15, 0.2) is 0 Å². The maximum absolute atomic E-state index is 12.5. The summed E-state index contributed by atoms with van der Waals surface area (Å²) in [5, 5.41) is 0. The van der Waals surface area contributed by atoms with Crippen LogP contribution in [0.1, 0.15) is 60.3 Å². The van der Waals surface area contributed by atoms with Crippen molar-refractivity contribution in [3.05, 3.63) is 24.8 Å². The highest BCUT2D eigenvalue weighted by atomic mass is 35.5. The van der Waals surface area contributed by atoms with Crippen molar-refractivity contribution < 1.29 is 9.53 Å². The number of hydrogen-bond acceptors (Lipinski definition) is 6. The van der Waals surface area contributed by atoms with Crippen LogP contribution in [-0.2, 0) is 9.53 Å². The van der Waals surface area contributed by atoms with E-state index in [1.165, 1.54) is 25.7 Å². The molecule has 2 aliphatic heterocycles. The van der Waals surface area contributed by atoms with E-state index in [-0.39, 0.29) is 36.9 Å². The molecule has 0 aromatic rings. The van der Waals surface area contributed by atoms with Gasteiger partial charge < -0.3 is 24.3 Å². The van der Waals surface area contributed by atoms with Crippen molar-refractivity contribution in [2.45, 2.75) is 66.4 Å². The highest BCUT2D eigenvalue weighted by Crippen LogP contribution is 2.19. The van der Waals surface area contributed by atoms with Gasteiger partial charge in [-0.1, -0.05) is 26.7 Å². The minimum Gasteiger partial charge on any atom is -0.458 e. The number of nitrogens with zero attached hydrogens (tertiary/aromatic N) is 4. The van der Waals surface area contributed by atoms with Gasteiger partial charge in [0.1, 0.15) is 6.10 Å². The van der Waals surface area contributed by atoms with Gasteiger partial charge >= 0.3 is 5.97 Å². The molecule has 176 valence electrons. The third-order valence-electron chi connectivity index (χ3n) is 5.06. The Balaban J connectivity index is 0.00000420. The Kier molecular flexibility index (Phi) is 13.3. The fourth-order valence-corrected chi connectivity index (χ4v) is 3.27. The molecule has 2 heterocycles. The molecule has 30 heavy (non-hydrogen) atoms. The largest absolute Gasteiger partial charge is 0.458 e. The van der Waals surface area contributed by atoms with Crippen LogP contribution in [0.15, 0.2) is 24.8 Å². The van der Waals surface area contributed by atoms with E-state index in [1.54, 1.807) is 0 Å². The smallest absolute Gasteiger partial charge is 0.311 e. The molecule has 0 N–H and O–H groups in total. The predicted molar refractivity (Wildman–Crippen MR) is 128 cm³/mol. The van der Waals surface area contributed by atoms with Gasteiger partial charge in [-0.05, 0) is 33.6 Å². The van der Waals surface area contributed by atoms with Crippen molar-refractivity contribution in [2.24, 2.45) is 5.41 Å². The molecule has 0 saturated heterocycles. The van der Waals surface area contributed by atoms with Crippen molar-refractivity contribution in [3.8, 4) is 0 Å². The Morgan fingerprint density at radius 2 is 1.23 bits per heavy atom. The first-order valence-corrected chi connectivity index (χ1v) is 10.9. The zero-order valence-electron chi connectivity index (χ0n) is 19.4. The van der Waals surface area contributed by atoms with Crippen LogP contribution in [0.5, 0.6) is 0 Å². The van der Waals surface area contributed by atoms with E-state index in [1.807, 2.05) is 20.8 Å². The van der Waals surface area contributed by atoms with E-state index < -0.39 is 5.41 Å². The molecule has 8 heteroatoms. The second-order valence-corrected chi connectivity index (χ2v) is 9.03. The first-order valence-electron chi connectivity index (χ1n) is 10.9. The number of halogens is 2. The number of ether oxygens (including phenoxy) is 1. The number of carbonyl (C=O) groups excluding carboxylic acids is 1. The molecule has 0 saturated carbocycles. The second kappa shape index (κ2) is 13.9. The van der Waals surface area contributed by atoms with Crippen molar-refractivity contribution >= 4 is 30.8 Å². The van der Waals surface area contributed by atoms with Crippen LogP contribution in [0, 0.1) is 5.41 Å². The summed E-state index contributed by atoms with van der Waals surface area (Å²) in [6.45, 7) is 15.5. The SMILES string of the molecule is CCCCN1C=CN(CC(CN2C=CN(CCCC)C2)OC(=O)C(C)(C)C)C1.Cl.Cl. The summed E-state index contributed by atoms with van der Waals surface area (Å²) in [7, 11) is 0. The van der Waals surface area contributed by atoms with Crippen molar-refractivity contribution in [1.82, 2.24) is 19.6 Å². The lowest BCUT2D eigenvalue weighted by Crippen LogP contribution is -2.43. The summed E-state index contributed by atoms with van der Waals surface area (Å²) in [4.78, 5) is 21.7. The second-order valence-electron chi connectivity index (χ2n) is 9.03. The molecule has 0 aromatic carbocycles. The maximum atomic E-state index is 12.5.